The van der Waals surface area contributed by atoms with Gasteiger partial charge in [0.1, 0.15) is 28.3 Å². The summed E-state index contributed by atoms with van der Waals surface area (Å²) < 4.78 is 13.5. The first-order valence-corrected chi connectivity index (χ1v) is 16.1. The van der Waals surface area contributed by atoms with Crippen LogP contribution in [0.15, 0.2) is 66.3 Å². The molecule has 2 saturated heterocycles. The van der Waals surface area contributed by atoms with Crippen molar-refractivity contribution in [2.75, 3.05) is 45.2 Å². The van der Waals surface area contributed by atoms with Crippen molar-refractivity contribution in [1.29, 1.82) is 5.26 Å². The van der Waals surface area contributed by atoms with Crippen LogP contribution in [0.25, 0.3) is 11.3 Å². The zero-order valence-corrected chi connectivity index (χ0v) is 27.1. The lowest BCUT2D eigenvalue weighted by molar-refractivity contribution is -0.127. The van der Waals surface area contributed by atoms with E-state index in [9.17, 15) is 14.4 Å². The zero-order chi connectivity index (χ0) is 32.3. The number of hydrogen-bond donors (Lipinski definition) is 4. The fourth-order valence-electron chi connectivity index (χ4n) is 5.55. The van der Waals surface area contributed by atoms with Crippen molar-refractivity contribution in [2.24, 2.45) is 10.9 Å². The van der Waals surface area contributed by atoms with Gasteiger partial charge in [-0.15, -0.1) is 0 Å². The molecule has 0 bridgehead atoms. The number of nitriles is 1. The van der Waals surface area contributed by atoms with Crippen LogP contribution in [0.5, 0.6) is 0 Å². The summed E-state index contributed by atoms with van der Waals surface area (Å²) in [4.78, 5) is 26.7. The van der Waals surface area contributed by atoms with Crippen LogP contribution in [0.3, 0.4) is 0 Å². The van der Waals surface area contributed by atoms with Gasteiger partial charge in [-0.3, -0.25) is 15.2 Å². The van der Waals surface area contributed by atoms with Crippen LogP contribution in [-0.2, 0) is 4.79 Å². The van der Waals surface area contributed by atoms with Crippen LogP contribution in [0.1, 0.15) is 43.9 Å². The number of carbonyl (C=O) groups excluding carboxylic acids is 1. The average Bonchev–Trinajstić information content (AvgIpc) is 3.50. The Hall–Kier alpha value is -4.41. The van der Waals surface area contributed by atoms with E-state index < -0.39 is 0 Å². The molecular weight excluding hydrogens is 591 g/mol. The predicted octanol–water partition coefficient (Wildman–Crippen LogP) is 4.09. The molecule has 3 heterocycles. The quantitative estimate of drug-likeness (QED) is 0.164. The molecule has 4 N–H and O–H groups in total. The summed E-state index contributed by atoms with van der Waals surface area (Å²) in [6, 6.07) is 8.42. The number of hydrogen-bond acceptors (Lipinski definition) is 9. The van der Waals surface area contributed by atoms with Crippen molar-refractivity contribution in [1.82, 2.24) is 36.3 Å². The fourth-order valence-corrected chi connectivity index (χ4v) is 6.40. The van der Waals surface area contributed by atoms with Crippen molar-refractivity contribution in [3.05, 3.63) is 72.0 Å². The smallest absolute Gasteiger partial charge is 0.223 e. The highest BCUT2D eigenvalue weighted by Crippen LogP contribution is 2.34. The van der Waals surface area contributed by atoms with E-state index in [4.69, 9.17) is 4.98 Å². The Balaban J connectivity index is 1.49. The summed E-state index contributed by atoms with van der Waals surface area (Å²) in [6.07, 6.45) is 7.15. The first-order chi connectivity index (χ1) is 21.8. The molecule has 0 aliphatic carbocycles. The number of amides is 1. The van der Waals surface area contributed by atoms with Gasteiger partial charge in [0.05, 0.1) is 5.70 Å². The van der Waals surface area contributed by atoms with Crippen molar-refractivity contribution < 1.29 is 9.18 Å². The van der Waals surface area contributed by atoms with Crippen molar-refractivity contribution in [3.8, 4) is 17.3 Å². The molecule has 1 amide bonds. The number of nitrogens with one attached hydrogen (secondary N) is 4. The topological polar surface area (TPSA) is 124 Å². The first kappa shape index (κ1) is 33.5. The molecule has 4 rings (SSSR count). The summed E-state index contributed by atoms with van der Waals surface area (Å²) in [7, 11) is 3.75. The Morgan fingerprint density at radius 1 is 1.22 bits per heavy atom. The van der Waals surface area contributed by atoms with Crippen LogP contribution in [-0.4, -0.2) is 73.1 Å². The van der Waals surface area contributed by atoms with Gasteiger partial charge in [0.25, 0.3) is 0 Å². The molecule has 2 aliphatic heterocycles. The number of halogens is 1. The molecule has 45 heavy (non-hydrogen) atoms. The van der Waals surface area contributed by atoms with Crippen LogP contribution < -0.4 is 26.3 Å². The number of aromatic nitrogens is 1. The number of nitrogens with zero attached hydrogens (tertiary/aromatic N) is 6. The van der Waals surface area contributed by atoms with Gasteiger partial charge in [0, 0.05) is 50.9 Å². The van der Waals surface area contributed by atoms with E-state index in [1.807, 2.05) is 30.9 Å². The number of hydrazine groups is 1. The van der Waals surface area contributed by atoms with Crippen LogP contribution in [0.2, 0.25) is 0 Å². The minimum absolute atomic E-state index is 0.0149. The highest BCUT2D eigenvalue weighted by molar-refractivity contribution is 7.16. The summed E-state index contributed by atoms with van der Waals surface area (Å²) >= 11 is 1.25. The number of piperidine rings is 2. The molecule has 0 saturated carbocycles. The molecule has 0 radical (unpaired) electrons. The normalized spacial score (nSPS) is 16.7. The molecule has 13 heteroatoms. The van der Waals surface area contributed by atoms with Crippen LogP contribution in [0, 0.1) is 23.1 Å². The monoisotopic (exact) mass is 634 g/mol. The maximum atomic E-state index is 13.5. The van der Waals surface area contributed by atoms with E-state index in [0.717, 1.165) is 44.5 Å². The zero-order valence-electron chi connectivity index (χ0n) is 26.3. The van der Waals surface area contributed by atoms with Gasteiger partial charge >= 0.3 is 0 Å². The Bertz CT molecular complexity index is 1430. The summed E-state index contributed by atoms with van der Waals surface area (Å²) in [5.74, 6) is 1.16. The standard InChI is InChI=1S/C32H43FN10OS/c1-6-26(29(36-7-2)41(4)32-39-28(27(21-34)45-32)22-9-11-24(33)12-10-22)40-42(5)31(37-8-3)43-19-15-23(16-20-43)30(44)38-25-13-17-35-18-14-25/h7-12,23,25,35-36,40H,2-3,6,13-20H2,1,4-5H3,(H,38,44)/b29-26+,37-31+. The second kappa shape index (κ2) is 16.1. The van der Waals surface area contributed by atoms with Gasteiger partial charge < -0.3 is 25.8 Å². The number of rotatable bonds is 11. The number of carbonyl (C=O) groups is 1. The maximum Gasteiger partial charge on any atom is 0.223 e. The summed E-state index contributed by atoms with van der Waals surface area (Å²) in [6.45, 7) is 13.0. The number of anilines is 1. The number of likely N-dealkylation sites (tertiary alicyclic amines) is 1. The van der Waals surface area contributed by atoms with Gasteiger partial charge in [-0.25, -0.2) is 14.4 Å². The second-order valence-corrected chi connectivity index (χ2v) is 11.9. The number of allylic oxidation sites excluding steroid dienone is 1. The van der Waals surface area contributed by atoms with E-state index in [2.05, 4.69) is 50.5 Å². The maximum absolute atomic E-state index is 13.5. The number of guanidine groups is 1. The highest BCUT2D eigenvalue weighted by Gasteiger charge is 2.30. The van der Waals surface area contributed by atoms with Gasteiger partial charge in [-0.1, -0.05) is 31.4 Å². The lowest BCUT2D eigenvalue weighted by Crippen LogP contribution is -2.53. The third kappa shape index (κ3) is 8.40. The lowest BCUT2D eigenvalue weighted by atomic mass is 9.95. The van der Waals surface area contributed by atoms with E-state index >= 15 is 0 Å². The Morgan fingerprint density at radius 3 is 2.51 bits per heavy atom. The Morgan fingerprint density at radius 2 is 1.91 bits per heavy atom. The second-order valence-electron chi connectivity index (χ2n) is 11.0. The minimum atomic E-state index is -0.352. The summed E-state index contributed by atoms with van der Waals surface area (Å²) in [5.41, 5.74) is 5.46. The highest BCUT2D eigenvalue weighted by atomic mass is 32.1. The van der Waals surface area contributed by atoms with Gasteiger partial charge in [0.15, 0.2) is 5.13 Å². The van der Waals surface area contributed by atoms with E-state index in [1.165, 1.54) is 29.7 Å². The van der Waals surface area contributed by atoms with Crippen molar-refractivity contribution >= 4 is 28.3 Å². The predicted molar refractivity (Wildman–Crippen MR) is 178 cm³/mol. The SMILES string of the molecule is C=C/N=C(/N1CCC(C(=O)NC2CCNCC2)CC1)N(C)N/C(CC)=C(\NC=C)N(C)c1nc(-c2ccc(F)cc2)c(C#N)s1. The van der Waals surface area contributed by atoms with Gasteiger partial charge in [-0.2, -0.15) is 5.26 Å². The molecule has 240 valence electrons. The lowest BCUT2D eigenvalue weighted by Gasteiger charge is -2.38. The molecule has 1 aromatic heterocycles. The van der Waals surface area contributed by atoms with E-state index in [1.54, 1.807) is 18.3 Å². The molecule has 0 spiro atoms. The first-order valence-electron chi connectivity index (χ1n) is 15.3. The molecule has 2 fully saturated rings. The molecule has 0 unspecified atom stereocenters. The fraction of sp³-hybridized carbons (Fsp3) is 0.438. The molecule has 0 atom stereocenters. The van der Waals surface area contributed by atoms with Gasteiger partial charge in [-0.05, 0) is 75.7 Å². The average molecular weight is 635 g/mol. The Kier molecular flexibility index (Phi) is 11.9. The molecule has 1 aromatic carbocycles. The van der Waals surface area contributed by atoms with Crippen molar-refractivity contribution in [2.45, 2.75) is 45.1 Å². The van der Waals surface area contributed by atoms with E-state index in [-0.39, 0.29) is 23.7 Å². The summed E-state index contributed by atoms with van der Waals surface area (Å²) in [5, 5.41) is 22.1. The third-order valence-corrected chi connectivity index (χ3v) is 9.02. The third-order valence-electron chi connectivity index (χ3n) is 7.98. The van der Waals surface area contributed by atoms with Gasteiger partial charge in [0.2, 0.25) is 11.9 Å². The van der Waals surface area contributed by atoms with Crippen LogP contribution in [0.4, 0.5) is 9.52 Å². The van der Waals surface area contributed by atoms with E-state index in [0.29, 0.717) is 52.6 Å². The largest absolute Gasteiger partial charge is 0.353 e. The molecule has 11 nitrogen and oxygen atoms in total. The number of thiazole rings is 1. The Labute approximate surface area is 269 Å². The van der Waals surface area contributed by atoms with Crippen molar-refractivity contribution in [3.63, 3.8) is 0 Å². The molecule has 2 aliphatic rings. The molecular formula is C32H43FN10OS. The number of aliphatic imine (C=N–C) groups is 1. The minimum Gasteiger partial charge on any atom is -0.353 e. The van der Waals surface area contributed by atoms with Crippen LogP contribution >= 0.6 is 11.3 Å². The molecule has 2 aromatic rings. The number of benzene rings is 1.